The van der Waals surface area contributed by atoms with E-state index in [9.17, 15) is 9.18 Å². The van der Waals surface area contributed by atoms with Gasteiger partial charge in [-0.3, -0.25) is 4.79 Å². The lowest BCUT2D eigenvalue weighted by Crippen LogP contribution is -2.22. The minimum Gasteiger partial charge on any atom is -0.451 e. The molecule has 0 aliphatic carbocycles. The van der Waals surface area contributed by atoms with E-state index in [0.717, 1.165) is 10.9 Å². The Morgan fingerprint density at radius 1 is 1.14 bits per heavy atom. The van der Waals surface area contributed by atoms with Gasteiger partial charge in [0.2, 0.25) is 0 Å². The monoisotopic (exact) mass is 303 g/mol. The maximum absolute atomic E-state index is 12.8. The van der Waals surface area contributed by atoms with Gasteiger partial charge in [-0.1, -0.05) is 23.7 Å². The lowest BCUT2D eigenvalue weighted by atomic mass is 10.2. The Kier molecular flexibility index (Phi) is 3.62. The van der Waals surface area contributed by atoms with Gasteiger partial charge in [0.05, 0.1) is 0 Å². The van der Waals surface area contributed by atoms with Crippen LogP contribution >= 0.6 is 11.6 Å². The summed E-state index contributed by atoms with van der Waals surface area (Å²) in [5.41, 5.74) is 1.41. The molecule has 0 atom stereocenters. The third-order valence-electron chi connectivity index (χ3n) is 3.07. The van der Waals surface area contributed by atoms with Gasteiger partial charge in [0.1, 0.15) is 11.4 Å². The van der Waals surface area contributed by atoms with Crippen molar-refractivity contribution in [1.82, 2.24) is 5.32 Å². The smallest absolute Gasteiger partial charge is 0.287 e. The number of rotatable bonds is 3. The zero-order valence-electron chi connectivity index (χ0n) is 10.9. The molecule has 106 valence electrons. The molecule has 0 spiro atoms. The van der Waals surface area contributed by atoms with Crippen LogP contribution in [0.3, 0.4) is 0 Å². The normalized spacial score (nSPS) is 10.8. The molecule has 1 heterocycles. The molecule has 0 bridgehead atoms. The summed E-state index contributed by atoms with van der Waals surface area (Å²) in [7, 11) is 0. The van der Waals surface area contributed by atoms with Gasteiger partial charge in [-0.05, 0) is 42.0 Å². The fraction of sp³-hybridized carbons (Fsp3) is 0.0625. The second kappa shape index (κ2) is 5.58. The van der Waals surface area contributed by atoms with Crippen LogP contribution in [0.15, 0.2) is 52.9 Å². The molecule has 0 aliphatic heterocycles. The lowest BCUT2D eigenvalue weighted by Gasteiger charge is -2.03. The molecule has 1 amide bonds. The molecule has 3 aromatic rings. The van der Waals surface area contributed by atoms with E-state index in [1.165, 1.54) is 12.1 Å². The number of halogens is 2. The number of hydrogen-bond acceptors (Lipinski definition) is 2. The van der Waals surface area contributed by atoms with Crippen molar-refractivity contribution in [2.24, 2.45) is 0 Å². The molecule has 5 heteroatoms. The van der Waals surface area contributed by atoms with Crippen LogP contribution in [0.2, 0.25) is 5.02 Å². The zero-order valence-corrected chi connectivity index (χ0v) is 11.7. The van der Waals surface area contributed by atoms with Crippen molar-refractivity contribution in [3.05, 3.63) is 70.7 Å². The van der Waals surface area contributed by atoms with Gasteiger partial charge in [-0.2, -0.15) is 0 Å². The van der Waals surface area contributed by atoms with Gasteiger partial charge in [-0.25, -0.2) is 4.39 Å². The minimum atomic E-state index is -0.327. The largest absolute Gasteiger partial charge is 0.451 e. The van der Waals surface area contributed by atoms with Crippen molar-refractivity contribution in [3.63, 3.8) is 0 Å². The number of hydrogen-bond donors (Lipinski definition) is 1. The molecular weight excluding hydrogens is 293 g/mol. The van der Waals surface area contributed by atoms with E-state index in [2.05, 4.69) is 5.32 Å². The highest BCUT2D eigenvalue weighted by atomic mass is 35.5. The van der Waals surface area contributed by atoms with E-state index in [4.69, 9.17) is 16.0 Å². The maximum Gasteiger partial charge on any atom is 0.287 e. The molecule has 0 aliphatic rings. The van der Waals surface area contributed by atoms with Gasteiger partial charge >= 0.3 is 0 Å². The summed E-state index contributed by atoms with van der Waals surface area (Å²) in [4.78, 5) is 12.0. The van der Waals surface area contributed by atoms with Crippen LogP contribution in [0.1, 0.15) is 16.1 Å². The first-order chi connectivity index (χ1) is 10.1. The summed E-state index contributed by atoms with van der Waals surface area (Å²) in [5, 5.41) is 4.08. The van der Waals surface area contributed by atoms with Gasteiger partial charge < -0.3 is 9.73 Å². The van der Waals surface area contributed by atoms with Crippen LogP contribution < -0.4 is 5.32 Å². The maximum atomic E-state index is 12.8. The molecular formula is C16H11ClFNO2. The van der Waals surface area contributed by atoms with Crippen molar-refractivity contribution >= 4 is 28.5 Å². The van der Waals surface area contributed by atoms with Crippen molar-refractivity contribution in [2.45, 2.75) is 6.54 Å². The highest BCUT2D eigenvalue weighted by molar-refractivity contribution is 6.31. The summed E-state index contributed by atoms with van der Waals surface area (Å²) in [6.07, 6.45) is 0. The molecule has 0 radical (unpaired) electrons. The van der Waals surface area contributed by atoms with Crippen LogP contribution in [0.4, 0.5) is 4.39 Å². The number of benzene rings is 2. The standard InChI is InChI=1S/C16H11ClFNO2/c17-12-3-6-14-11(7-12)8-15(21-14)16(20)19-9-10-1-4-13(18)5-2-10/h1-8H,9H2,(H,19,20). The van der Waals surface area contributed by atoms with Crippen LogP contribution in [0.25, 0.3) is 11.0 Å². The first-order valence-electron chi connectivity index (χ1n) is 6.33. The number of carbonyl (C=O) groups is 1. The number of nitrogens with one attached hydrogen (secondary N) is 1. The van der Waals surface area contributed by atoms with Gasteiger partial charge in [0.25, 0.3) is 5.91 Å². The molecule has 0 saturated carbocycles. The second-order valence-corrected chi connectivity index (χ2v) is 5.04. The highest BCUT2D eigenvalue weighted by Crippen LogP contribution is 2.23. The predicted molar refractivity (Wildman–Crippen MR) is 78.8 cm³/mol. The van der Waals surface area contributed by atoms with Crippen LogP contribution in [-0.2, 0) is 6.54 Å². The van der Waals surface area contributed by atoms with Gasteiger partial charge in [0, 0.05) is 17.0 Å². The highest BCUT2D eigenvalue weighted by Gasteiger charge is 2.12. The van der Waals surface area contributed by atoms with Crippen molar-refractivity contribution in [2.75, 3.05) is 0 Å². The fourth-order valence-electron chi connectivity index (χ4n) is 2.00. The lowest BCUT2D eigenvalue weighted by molar-refractivity contribution is 0.0925. The van der Waals surface area contributed by atoms with E-state index in [-0.39, 0.29) is 17.5 Å². The molecule has 2 aromatic carbocycles. The summed E-state index contributed by atoms with van der Waals surface area (Å²) in [6.45, 7) is 0.302. The number of carbonyl (C=O) groups excluding carboxylic acids is 1. The summed E-state index contributed by atoms with van der Waals surface area (Å²) >= 11 is 5.89. The third-order valence-corrected chi connectivity index (χ3v) is 3.30. The molecule has 0 saturated heterocycles. The average molecular weight is 304 g/mol. The van der Waals surface area contributed by atoms with Crippen molar-refractivity contribution in [3.8, 4) is 0 Å². The molecule has 3 nitrogen and oxygen atoms in total. The number of amides is 1. The molecule has 1 N–H and O–H groups in total. The Morgan fingerprint density at radius 3 is 2.67 bits per heavy atom. The number of furan rings is 1. The minimum absolute atomic E-state index is 0.217. The molecule has 3 rings (SSSR count). The van der Waals surface area contributed by atoms with E-state index in [1.54, 1.807) is 36.4 Å². The van der Waals surface area contributed by atoms with E-state index < -0.39 is 0 Å². The van der Waals surface area contributed by atoms with Crippen LogP contribution in [0, 0.1) is 5.82 Å². The molecule has 21 heavy (non-hydrogen) atoms. The summed E-state index contributed by atoms with van der Waals surface area (Å²) in [5.74, 6) is -0.416. The summed E-state index contributed by atoms with van der Waals surface area (Å²) in [6, 6.07) is 12.7. The fourth-order valence-corrected chi connectivity index (χ4v) is 2.18. The Bertz CT molecular complexity index is 796. The Balaban J connectivity index is 1.73. The first kappa shape index (κ1) is 13.6. The SMILES string of the molecule is O=C(NCc1ccc(F)cc1)c1cc2cc(Cl)ccc2o1. The summed E-state index contributed by atoms with van der Waals surface area (Å²) < 4.78 is 18.2. The predicted octanol–water partition coefficient (Wildman–Crippen LogP) is 4.16. The van der Waals surface area contributed by atoms with E-state index in [0.29, 0.717) is 17.2 Å². The van der Waals surface area contributed by atoms with Gasteiger partial charge in [0.15, 0.2) is 5.76 Å². The topological polar surface area (TPSA) is 42.2 Å². The second-order valence-electron chi connectivity index (χ2n) is 4.60. The van der Waals surface area contributed by atoms with Crippen LogP contribution in [-0.4, -0.2) is 5.91 Å². The van der Waals surface area contributed by atoms with E-state index in [1.807, 2.05) is 0 Å². The van der Waals surface area contributed by atoms with Crippen molar-refractivity contribution < 1.29 is 13.6 Å². The molecule has 0 unspecified atom stereocenters. The van der Waals surface area contributed by atoms with Gasteiger partial charge in [-0.15, -0.1) is 0 Å². The van der Waals surface area contributed by atoms with E-state index >= 15 is 0 Å². The van der Waals surface area contributed by atoms with Crippen LogP contribution in [0.5, 0.6) is 0 Å². The quantitative estimate of drug-likeness (QED) is 0.789. The number of fused-ring (bicyclic) bond motifs is 1. The Labute approximate surface area is 125 Å². The Morgan fingerprint density at radius 2 is 1.90 bits per heavy atom. The first-order valence-corrected chi connectivity index (χ1v) is 6.71. The third kappa shape index (κ3) is 3.06. The van der Waals surface area contributed by atoms with Crippen molar-refractivity contribution in [1.29, 1.82) is 0 Å². The molecule has 0 fully saturated rings. The average Bonchev–Trinajstić information content (AvgIpc) is 2.89. The Hall–Kier alpha value is -2.33. The molecule has 1 aromatic heterocycles. The zero-order chi connectivity index (χ0) is 14.8.